The molecule has 1 aromatic carbocycles. The molecule has 0 spiro atoms. The van der Waals surface area contributed by atoms with E-state index in [1.807, 2.05) is 12.1 Å². The lowest BCUT2D eigenvalue weighted by molar-refractivity contribution is 0.277. The fourth-order valence-electron chi connectivity index (χ4n) is 2.07. The summed E-state index contributed by atoms with van der Waals surface area (Å²) in [6.45, 7) is 6.54. The zero-order chi connectivity index (χ0) is 11.1. The van der Waals surface area contributed by atoms with Crippen molar-refractivity contribution < 1.29 is 0 Å². The molecule has 0 bridgehead atoms. The van der Waals surface area contributed by atoms with Gasteiger partial charge >= 0.3 is 0 Å². The van der Waals surface area contributed by atoms with E-state index in [-0.39, 0.29) is 0 Å². The van der Waals surface area contributed by atoms with Crippen molar-refractivity contribution in [2.75, 3.05) is 23.7 Å². The minimum absolute atomic E-state index is 0.389. The van der Waals surface area contributed by atoms with Gasteiger partial charge in [-0.05, 0) is 23.6 Å². The first-order valence-corrected chi connectivity index (χ1v) is 5.06. The van der Waals surface area contributed by atoms with E-state index in [0.29, 0.717) is 16.7 Å². The molecule has 0 radical (unpaired) electrons. The van der Waals surface area contributed by atoms with Crippen LogP contribution in [0.5, 0.6) is 0 Å². The molecule has 2 rings (SSSR count). The third-order valence-electron chi connectivity index (χ3n) is 2.74. The summed E-state index contributed by atoms with van der Waals surface area (Å²) in [5, 5.41) is 8.73. The predicted molar refractivity (Wildman–Crippen MR) is 61.6 cm³/mol. The van der Waals surface area contributed by atoms with E-state index < -0.39 is 0 Å². The highest BCUT2D eigenvalue weighted by Gasteiger charge is 2.34. The van der Waals surface area contributed by atoms with Gasteiger partial charge in [-0.1, -0.05) is 13.8 Å². The quantitative estimate of drug-likeness (QED) is 0.707. The Hall–Kier alpha value is -1.69. The van der Waals surface area contributed by atoms with Crippen LogP contribution in [0.2, 0.25) is 0 Å². The summed E-state index contributed by atoms with van der Waals surface area (Å²) in [5.41, 5.74) is 8.66. The zero-order valence-electron chi connectivity index (χ0n) is 9.12. The van der Waals surface area contributed by atoms with Gasteiger partial charge in [0.1, 0.15) is 0 Å². The van der Waals surface area contributed by atoms with Crippen molar-refractivity contribution in [3.63, 3.8) is 0 Å². The monoisotopic (exact) mass is 201 g/mol. The topological polar surface area (TPSA) is 53.0 Å². The fraction of sp³-hybridized carbons (Fsp3) is 0.417. The first-order valence-electron chi connectivity index (χ1n) is 5.06. The summed E-state index contributed by atoms with van der Waals surface area (Å²) in [5.74, 6) is 0. The summed E-state index contributed by atoms with van der Waals surface area (Å²) < 4.78 is 0. The number of rotatable bonds is 1. The number of nitrogen functional groups attached to an aromatic ring is 1. The number of nitriles is 1. The number of nitrogens with zero attached hydrogens (tertiary/aromatic N) is 2. The van der Waals surface area contributed by atoms with Crippen LogP contribution in [0, 0.1) is 16.7 Å². The van der Waals surface area contributed by atoms with Gasteiger partial charge in [-0.25, -0.2) is 0 Å². The van der Waals surface area contributed by atoms with Gasteiger partial charge in [-0.15, -0.1) is 0 Å². The van der Waals surface area contributed by atoms with E-state index in [9.17, 15) is 0 Å². The molecule has 1 saturated heterocycles. The Morgan fingerprint density at radius 3 is 2.53 bits per heavy atom. The molecule has 2 N–H and O–H groups in total. The Morgan fingerprint density at radius 2 is 2.07 bits per heavy atom. The average Bonchev–Trinajstić information content (AvgIpc) is 2.14. The van der Waals surface area contributed by atoms with Gasteiger partial charge in [-0.2, -0.15) is 5.26 Å². The van der Waals surface area contributed by atoms with Gasteiger partial charge in [0.05, 0.1) is 23.0 Å². The first kappa shape index (κ1) is 9.85. The van der Waals surface area contributed by atoms with Crippen LogP contribution >= 0.6 is 0 Å². The van der Waals surface area contributed by atoms with Gasteiger partial charge < -0.3 is 10.6 Å². The Labute approximate surface area is 90.1 Å². The van der Waals surface area contributed by atoms with Crippen molar-refractivity contribution in [3.8, 4) is 6.07 Å². The molecule has 0 unspecified atom stereocenters. The highest BCUT2D eigenvalue weighted by Crippen LogP contribution is 2.36. The van der Waals surface area contributed by atoms with Crippen molar-refractivity contribution in [3.05, 3.63) is 23.8 Å². The maximum Gasteiger partial charge on any atom is 0.0992 e. The molecule has 1 aliphatic rings. The van der Waals surface area contributed by atoms with E-state index >= 15 is 0 Å². The second-order valence-electron chi connectivity index (χ2n) is 4.91. The molecule has 15 heavy (non-hydrogen) atoms. The normalized spacial score (nSPS) is 18.1. The molecule has 3 nitrogen and oxygen atoms in total. The van der Waals surface area contributed by atoms with Gasteiger partial charge in [0.25, 0.3) is 0 Å². The molecule has 0 aliphatic carbocycles. The molecule has 1 aromatic rings. The molecule has 1 aliphatic heterocycles. The fourth-order valence-corrected chi connectivity index (χ4v) is 2.07. The lowest BCUT2D eigenvalue weighted by Gasteiger charge is -2.47. The predicted octanol–water partition coefficient (Wildman–Crippen LogP) is 1.99. The van der Waals surface area contributed by atoms with Crippen LogP contribution in [-0.2, 0) is 0 Å². The highest BCUT2D eigenvalue weighted by atomic mass is 15.2. The molecule has 0 atom stereocenters. The first-order chi connectivity index (χ1) is 7.02. The lowest BCUT2D eigenvalue weighted by Crippen LogP contribution is -2.53. The van der Waals surface area contributed by atoms with Crippen LogP contribution in [0.3, 0.4) is 0 Å². The standard InChI is InChI=1S/C12H15N3/c1-12(2)7-15(8-12)11-4-3-9(6-13)5-10(11)14/h3-5H,7-8,14H2,1-2H3. The van der Waals surface area contributed by atoms with Gasteiger partial charge in [0, 0.05) is 13.1 Å². The Balaban J connectivity index is 2.21. The van der Waals surface area contributed by atoms with E-state index in [0.717, 1.165) is 18.8 Å². The largest absolute Gasteiger partial charge is 0.397 e. The summed E-state index contributed by atoms with van der Waals surface area (Å²) in [4.78, 5) is 2.25. The van der Waals surface area contributed by atoms with E-state index in [4.69, 9.17) is 11.0 Å². The molecular weight excluding hydrogens is 186 g/mol. The molecule has 0 aromatic heterocycles. The Bertz CT molecular complexity index is 421. The molecule has 0 saturated carbocycles. The minimum Gasteiger partial charge on any atom is -0.397 e. The number of hydrogen-bond donors (Lipinski definition) is 1. The molecule has 3 heteroatoms. The molecular formula is C12H15N3. The van der Waals surface area contributed by atoms with Crippen LogP contribution in [0.15, 0.2) is 18.2 Å². The van der Waals surface area contributed by atoms with Crippen LogP contribution < -0.4 is 10.6 Å². The zero-order valence-corrected chi connectivity index (χ0v) is 9.12. The van der Waals surface area contributed by atoms with Crippen LogP contribution in [0.1, 0.15) is 19.4 Å². The Kier molecular flexibility index (Phi) is 2.08. The van der Waals surface area contributed by atoms with Gasteiger partial charge in [0.15, 0.2) is 0 Å². The summed E-state index contributed by atoms with van der Waals surface area (Å²) >= 11 is 0. The van der Waals surface area contributed by atoms with Gasteiger partial charge in [0.2, 0.25) is 0 Å². The van der Waals surface area contributed by atoms with E-state index in [2.05, 4.69) is 24.8 Å². The maximum absolute atomic E-state index is 8.73. The second-order valence-corrected chi connectivity index (χ2v) is 4.91. The smallest absolute Gasteiger partial charge is 0.0992 e. The van der Waals surface area contributed by atoms with Crippen LogP contribution in [0.25, 0.3) is 0 Å². The highest BCUT2D eigenvalue weighted by molar-refractivity contribution is 5.70. The van der Waals surface area contributed by atoms with Crippen molar-refractivity contribution in [2.24, 2.45) is 5.41 Å². The van der Waals surface area contributed by atoms with Crippen molar-refractivity contribution in [2.45, 2.75) is 13.8 Å². The van der Waals surface area contributed by atoms with E-state index in [1.54, 1.807) is 6.07 Å². The van der Waals surface area contributed by atoms with Gasteiger partial charge in [-0.3, -0.25) is 0 Å². The average molecular weight is 201 g/mol. The second kappa shape index (κ2) is 3.16. The third kappa shape index (κ3) is 1.75. The van der Waals surface area contributed by atoms with Crippen molar-refractivity contribution in [1.82, 2.24) is 0 Å². The van der Waals surface area contributed by atoms with Crippen LogP contribution in [-0.4, -0.2) is 13.1 Å². The third-order valence-corrected chi connectivity index (χ3v) is 2.74. The molecule has 0 amide bonds. The number of anilines is 2. The molecule has 1 heterocycles. The van der Waals surface area contributed by atoms with Crippen molar-refractivity contribution in [1.29, 1.82) is 5.26 Å². The molecule has 1 fully saturated rings. The van der Waals surface area contributed by atoms with Crippen LogP contribution in [0.4, 0.5) is 11.4 Å². The summed E-state index contributed by atoms with van der Waals surface area (Å²) in [7, 11) is 0. The number of nitrogens with two attached hydrogens (primary N) is 1. The van der Waals surface area contributed by atoms with Crippen molar-refractivity contribution >= 4 is 11.4 Å². The number of hydrogen-bond acceptors (Lipinski definition) is 3. The summed E-state index contributed by atoms with van der Waals surface area (Å²) in [6, 6.07) is 7.57. The Morgan fingerprint density at radius 1 is 1.40 bits per heavy atom. The molecule has 78 valence electrons. The maximum atomic E-state index is 8.73. The minimum atomic E-state index is 0.389. The summed E-state index contributed by atoms with van der Waals surface area (Å²) in [6.07, 6.45) is 0. The van der Waals surface area contributed by atoms with E-state index in [1.165, 1.54) is 0 Å². The SMILES string of the molecule is CC1(C)CN(c2ccc(C#N)cc2N)C1. The lowest BCUT2D eigenvalue weighted by atomic mass is 9.84. The number of benzene rings is 1.